The molecule has 0 radical (unpaired) electrons. The van der Waals surface area contributed by atoms with E-state index in [0.29, 0.717) is 12.0 Å². The van der Waals surface area contributed by atoms with Crippen LogP contribution in [0.15, 0.2) is 35.3 Å². The Bertz CT molecular complexity index is 549. The highest BCUT2D eigenvalue weighted by Gasteiger charge is 2.23. The Labute approximate surface area is 159 Å². The van der Waals surface area contributed by atoms with Crippen LogP contribution in [0.2, 0.25) is 0 Å². The van der Waals surface area contributed by atoms with Gasteiger partial charge in [-0.3, -0.25) is 4.99 Å². The summed E-state index contributed by atoms with van der Waals surface area (Å²) in [7, 11) is 2.23. The number of hydrogen-bond donors (Lipinski definition) is 2. The number of benzene rings is 1. The Morgan fingerprint density at radius 2 is 1.88 bits per heavy atom. The molecule has 1 atom stereocenters. The molecular formula is C22H36N4. The summed E-state index contributed by atoms with van der Waals surface area (Å²) in [6.07, 6.45) is 7.63. The van der Waals surface area contributed by atoms with E-state index in [2.05, 4.69) is 59.8 Å². The molecule has 4 nitrogen and oxygen atoms in total. The number of rotatable bonds is 5. The summed E-state index contributed by atoms with van der Waals surface area (Å²) in [5, 5.41) is 7.15. The van der Waals surface area contributed by atoms with Crippen molar-refractivity contribution < 1.29 is 0 Å². The van der Waals surface area contributed by atoms with Crippen molar-refractivity contribution in [2.24, 2.45) is 10.9 Å². The molecule has 3 rings (SSSR count). The molecule has 0 aromatic heterocycles. The van der Waals surface area contributed by atoms with Crippen LogP contribution in [-0.2, 0) is 0 Å². The molecule has 1 heterocycles. The van der Waals surface area contributed by atoms with Gasteiger partial charge in [0.1, 0.15) is 0 Å². The monoisotopic (exact) mass is 356 g/mol. The third kappa shape index (κ3) is 5.73. The zero-order valence-electron chi connectivity index (χ0n) is 16.6. The zero-order valence-corrected chi connectivity index (χ0v) is 16.6. The first-order valence-electron chi connectivity index (χ1n) is 10.5. The SMILES string of the molecule is CCNC(=NCC1CCCN(C)C1)NC1CCC(c2ccccc2)CC1. The van der Waals surface area contributed by atoms with Gasteiger partial charge in [0.15, 0.2) is 5.96 Å². The fraction of sp³-hybridized carbons (Fsp3) is 0.682. The van der Waals surface area contributed by atoms with Crippen molar-refractivity contribution >= 4 is 5.96 Å². The van der Waals surface area contributed by atoms with Gasteiger partial charge in [-0.05, 0) is 76.4 Å². The van der Waals surface area contributed by atoms with Crippen LogP contribution in [0.25, 0.3) is 0 Å². The molecule has 1 aromatic rings. The van der Waals surface area contributed by atoms with Gasteiger partial charge in [-0.15, -0.1) is 0 Å². The maximum atomic E-state index is 4.91. The average Bonchev–Trinajstić information content (AvgIpc) is 2.68. The second-order valence-electron chi connectivity index (χ2n) is 8.09. The number of likely N-dealkylation sites (tertiary alicyclic amines) is 1. The third-order valence-electron chi connectivity index (χ3n) is 5.91. The molecule has 1 aromatic carbocycles. The number of nitrogens with zero attached hydrogens (tertiary/aromatic N) is 2. The number of nitrogens with one attached hydrogen (secondary N) is 2. The lowest BCUT2D eigenvalue weighted by Gasteiger charge is -2.31. The highest BCUT2D eigenvalue weighted by molar-refractivity contribution is 5.80. The predicted molar refractivity (Wildman–Crippen MR) is 111 cm³/mol. The first kappa shape index (κ1) is 19.2. The fourth-order valence-electron chi connectivity index (χ4n) is 4.45. The molecular weight excluding hydrogens is 320 g/mol. The lowest BCUT2D eigenvalue weighted by molar-refractivity contribution is 0.214. The molecule has 2 aliphatic rings. The standard InChI is InChI=1S/C22H36N4/c1-3-23-22(24-16-18-8-7-15-26(2)17-18)25-21-13-11-20(12-14-21)19-9-5-4-6-10-19/h4-6,9-10,18,20-21H,3,7-8,11-17H2,1-2H3,(H2,23,24,25). The molecule has 1 saturated heterocycles. The van der Waals surface area contributed by atoms with E-state index in [1.807, 2.05) is 0 Å². The van der Waals surface area contributed by atoms with Crippen molar-refractivity contribution in [3.8, 4) is 0 Å². The van der Waals surface area contributed by atoms with Gasteiger partial charge in [0.05, 0.1) is 0 Å². The maximum Gasteiger partial charge on any atom is 0.191 e. The van der Waals surface area contributed by atoms with Crippen LogP contribution in [-0.4, -0.2) is 50.1 Å². The van der Waals surface area contributed by atoms with Gasteiger partial charge in [-0.25, -0.2) is 0 Å². The Hall–Kier alpha value is -1.55. The van der Waals surface area contributed by atoms with Gasteiger partial charge in [-0.1, -0.05) is 30.3 Å². The molecule has 144 valence electrons. The summed E-state index contributed by atoms with van der Waals surface area (Å²) in [5.41, 5.74) is 1.51. The van der Waals surface area contributed by atoms with Crippen molar-refractivity contribution in [2.45, 2.75) is 57.4 Å². The molecule has 0 amide bonds. The van der Waals surface area contributed by atoms with E-state index < -0.39 is 0 Å². The van der Waals surface area contributed by atoms with E-state index in [1.54, 1.807) is 0 Å². The average molecular weight is 357 g/mol. The van der Waals surface area contributed by atoms with Gasteiger partial charge < -0.3 is 15.5 Å². The Balaban J connectivity index is 1.48. The maximum absolute atomic E-state index is 4.91. The van der Waals surface area contributed by atoms with Gasteiger partial charge in [0.25, 0.3) is 0 Å². The lowest BCUT2D eigenvalue weighted by atomic mass is 9.82. The van der Waals surface area contributed by atoms with Gasteiger partial charge >= 0.3 is 0 Å². The predicted octanol–water partition coefficient (Wildman–Crippen LogP) is 3.61. The van der Waals surface area contributed by atoms with E-state index >= 15 is 0 Å². The quantitative estimate of drug-likeness (QED) is 0.625. The smallest absolute Gasteiger partial charge is 0.191 e. The van der Waals surface area contributed by atoms with Crippen LogP contribution in [0.4, 0.5) is 0 Å². The molecule has 2 N–H and O–H groups in total. The first-order chi connectivity index (χ1) is 12.7. The Morgan fingerprint density at radius 1 is 1.12 bits per heavy atom. The van der Waals surface area contributed by atoms with Crippen molar-refractivity contribution in [2.75, 3.05) is 33.2 Å². The summed E-state index contributed by atoms with van der Waals surface area (Å²) < 4.78 is 0. The Morgan fingerprint density at radius 3 is 2.58 bits per heavy atom. The second-order valence-corrected chi connectivity index (χ2v) is 8.09. The van der Waals surface area contributed by atoms with Crippen LogP contribution in [0.5, 0.6) is 0 Å². The van der Waals surface area contributed by atoms with Crippen LogP contribution in [0.1, 0.15) is 56.9 Å². The van der Waals surface area contributed by atoms with Crippen molar-refractivity contribution in [1.82, 2.24) is 15.5 Å². The highest BCUT2D eigenvalue weighted by Crippen LogP contribution is 2.32. The number of hydrogen-bond acceptors (Lipinski definition) is 2. The summed E-state index contributed by atoms with van der Waals surface area (Å²) in [6.45, 7) is 6.45. The number of piperidine rings is 1. The van der Waals surface area contributed by atoms with Crippen LogP contribution < -0.4 is 10.6 Å². The lowest BCUT2D eigenvalue weighted by Crippen LogP contribution is -2.45. The van der Waals surface area contributed by atoms with Crippen LogP contribution >= 0.6 is 0 Å². The van der Waals surface area contributed by atoms with E-state index in [1.165, 1.54) is 57.2 Å². The molecule has 26 heavy (non-hydrogen) atoms. The molecule has 1 aliphatic heterocycles. The van der Waals surface area contributed by atoms with E-state index in [4.69, 9.17) is 4.99 Å². The molecule has 0 spiro atoms. The van der Waals surface area contributed by atoms with Crippen LogP contribution in [0.3, 0.4) is 0 Å². The van der Waals surface area contributed by atoms with Gasteiger partial charge in [-0.2, -0.15) is 0 Å². The molecule has 0 bridgehead atoms. The molecule has 4 heteroatoms. The number of aliphatic imine (C=N–C) groups is 1. The molecule has 2 fully saturated rings. The Kier molecular flexibility index (Phi) is 7.36. The minimum absolute atomic E-state index is 0.557. The number of guanidine groups is 1. The fourth-order valence-corrected chi connectivity index (χ4v) is 4.45. The first-order valence-corrected chi connectivity index (χ1v) is 10.5. The summed E-state index contributed by atoms with van der Waals surface area (Å²) in [5.74, 6) is 2.45. The van der Waals surface area contributed by atoms with E-state index in [9.17, 15) is 0 Å². The van der Waals surface area contributed by atoms with Crippen LogP contribution in [0, 0.1) is 5.92 Å². The normalized spacial score (nSPS) is 27.9. The second kappa shape index (κ2) is 9.96. The molecule has 1 aliphatic carbocycles. The molecule has 1 saturated carbocycles. The highest BCUT2D eigenvalue weighted by atomic mass is 15.2. The third-order valence-corrected chi connectivity index (χ3v) is 5.91. The van der Waals surface area contributed by atoms with Crippen molar-refractivity contribution in [3.05, 3.63) is 35.9 Å². The van der Waals surface area contributed by atoms with Gasteiger partial charge in [0.2, 0.25) is 0 Å². The topological polar surface area (TPSA) is 39.7 Å². The summed E-state index contributed by atoms with van der Waals surface area (Å²) in [4.78, 5) is 7.35. The van der Waals surface area contributed by atoms with Gasteiger partial charge in [0, 0.05) is 25.7 Å². The summed E-state index contributed by atoms with van der Waals surface area (Å²) in [6, 6.07) is 11.6. The van der Waals surface area contributed by atoms with E-state index in [-0.39, 0.29) is 0 Å². The zero-order chi connectivity index (χ0) is 18.2. The van der Waals surface area contributed by atoms with E-state index in [0.717, 1.165) is 25.0 Å². The van der Waals surface area contributed by atoms with Crippen molar-refractivity contribution in [3.63, 3.8) is 0 Å². The van der Waals surface area contributed by atoms with Crippen molar-refractivity contribution in [1.29, 1.82) is 0 Å². The largest absolute Gasteiger partial charge is 0.357 e. The minimum Gasteiger partial charge on any atom is -0.357 e. The summed E-state index contributed by atoms with van der Waals surface area (Å²) >= 11 is 0. The minimum atomic E-state index is 0.557. The molecule has 1 unspecified atom stereocenters.